The van der Waals surface area contributed by atoms with Crippen LogP contribution in [-0.2, 0) is 0 Å². The molecule has 1 atom stereocenters. The summed E-state index contributed by atoms with van der Waals surface area (Å²) < 4.78 is 0. The highest BCUT2D eigenvalue weighted by Crippen LogP contribution is 2.16. The van der Waals surface area contributed by atoms with Crippen molar-refractivity contribution in [1.29, 1.82) is 0 Å². The van der Waals surface area contributed by atoms with Crippen LogP contribution < -0.4 is 5.32 Å². The van der Waals surface area contributed by atoms with Crippen LogP contribution in [0.5, 0.6) is 0 Å². The molecule has 0 aromatic carbocycles. The fourth-order valence-corrected chi connectivity index (χ4v) is 2.79. The van der Waals surface area contributed by atoms with Crippen LogP contribution >= 0.6 is 0 Å². The maximum absolute atomic E-state index is 11.9. The van der Waals surface area contributed by atoms with Gasteiger partial charge in [0.15, 0.2) is 0 Å². The maximum Gasteiger partial charge on any atom is 0.317 e. The molecular formula is C16H32N2O. The van der Waals surface area contributed by atoms with E-state index >= 15 is 0 Å². The number of carbonyl (C=O) groups is 1. The minimum Gasteiger partial charge on any atom is -0.338 e. The Bertz CT molecular complexity index is 243. The predicted molar refractivity (Wildman–Crippen MR) is 81.4 cm³/mol. The minimum absolute atomic E-state index is 0.146. The normalized spacial score (nSPS) is 18.8. The van der Waals surface area contributed by atoms with Crippen LogP contribution in [0.25, 0.3) is 0 Å². The Labute approximate surface area is 119 Å². The Kier molecular flexibility index (Phi) is 8.68. The van der Waals surface area contributed by atoms with Gasteiger partial charge < -0.3 is 10.2 Å². The minimum atomic E-state index is 0.146. The Morgan fingerprint density at radius 3 is 2.32 bits per heavy atom. The van der Waals surface area contributed by atoms with E-state index in [9.17, 15) is 4.79 Å². The van der Waals surface area contributed by atoms with Crippen molar-refractivity contribution in [2.75, 3.05) is 13.1 Å². The summed E-state index contributed by atoms with van der Waals surface area (Å²) in [5.41, 5.74) is 0. The molecule has 1 aliphatic heterocycles. The van der Waals surface area contributed by atoms with Gasteiger partial charge in [-0.15, -0.1) is 0 Å². The Hall–Kier alpha value is -0.730. The van der Waals surface area contributed by atoms with Gasteiger partial charge in [-0.05, 0) is 26.2 Å². The van der Waals surface area contributed by atoms with Crippen molar-refractivity contribution in [1.82, 2.24) is 10.2 Å². The summed E-state index contributed by atoms with van der Waals surface area (Å²) in [5, 5.41) is 3.05. The second kappa shape index (κ2) is 10.1. The average Bonchev–Trinajstić information content (AvgIpc) is 2.83. The number of hydrogen-bond acceptors (Lipinski definition) is 1. The van der Waals surface area contributed by atoms with E-state index in [-0.39, 0.29) is 6.03 Å². The average molecular weight is 268 g/mol. The van der Waals surface area contributed by atoms with Crippen LogP contribution in [-0.4, -0.2) is 30.1 Å². The molecular weight excluding hydrogens is 236 g/mol. The van der Waals surface area contributed by atoms with E-state index in [1.807, 2.05) is 4.90 Å². The number of hydrogen-bond donors (Lipinski definition) is 1. The lowest BCUT2D eigenvalue weighted by atomic mass is 10.1. The van der Waals surface area contributed by atoms with Crippen LogP contribution in [0.3, 0.4) is 0 Å². The van der Waals surface area contributed by atoms with E-state index in [1.54, 1.807) is 0 Å². The lowest BCUT2D eigenvalue weighted by Crippen LogP contribution is -2.41. The maximum atomic E-state index is 11.9. The fraction of sp³-hybridized carbons (Fsp3) is 0.938. The fourth-order valence-electron chi connectivity index (χ4n) is 2.79. The molecule has 0 aliphatic carbocycles. The molecule has 0 aromatic heterocycles. The molecule has 0 saturated carbocycles. The molecule has 1 fully saturated rings. The molecule has 0 bridgehead atoms. The predicted octanol–water partition coefficient (Wildman–Crippen LogP) is 4.32. The van der Waals surface area contributed by atoms with Crippen molar-refractivity contribution in [3.8, 4) is 0 Å². The van der Waals surface area contributed by atoms with E-state index in [2.05, 4.69) is 19.2 Å². The molecule has 112 valence electrons. The van der Waals surface area contributed by atoms with Gasteiger partial charge in [0.1, 0.15) is 0 Å². The molecule has 1 saturated heterocycles. The van der Waals surface area contributed by atoms with Crippen molar-refractivity contribution in [3.63, 3.8) is 0 Å². The second-order valence-corrected chi connectivity index (χ2v) is 5.89. The number of rotatable bonds is 9. The number of likely N-dealkylation sites (tertiary alicyclic amines) is 1. The van der Waals surface area contributed by atoms with Gasteiger partial charge >= 0.3 is 6.03 Å². The number of nitrogens with zero attached hydrogens (tertiary/aromatic N) is 1. The number of nitrogens with one attached hydrogen (secondary N) is 1. The molecule has 0 aromatic rings. The van der Waals surface area contributed by atoms with Crippen LogP contribution in [0, 0.1) is 0 Å². The molecule has 1 aliphatic rings. The zero-order valence-electron chi connectivity index (χ0n) is 12.9. The number of amides is 2. The van der Waals surface area contributed by atoms with Crippen molar-refractivity contribution < 1.29 is 4.79 Å². The largest absolute Gasteiger partial charge is 0.338 e. The highest BCUT2D eigenvalue weighted by atomic mass is 16.2. The molecule has 1 rings (SSSR count). The first kappa shape index (κ1) is 16.3. The third-order valence-electron chi connectivity index (χ3n) is 4.12. The van der Waals surface area contributed by atoms with Crippen molar-refractivity contribution in [2.45, 2.75) is 84.1 Å². The summed E-state index contributed by atoms with van der Waals surface area (Å²) in [6.07, 6.45) is 12.8. The van der Waals surface area contributed by atoms with Gasteiger partial charge in [-0.3, -0.25) is 0 Å². The van der Waals surface area contributed by atoms with E-state index in [4.69, 9.17) is 0 Å². The van der Waals surface area contributed by atoms with E-state index in [0.29, 0.717) is 6.04 Å². The number of unbranched alkanes of at least 4 members (excludes halogenated alkanes) is 7. The highest BCUT2D eigenvalue weighted by Gasteiger charge is 2.24. The third kappa shape index (κ3) is 6.84. The van der Waals surface area contributed by atoms with Gasteiger partial charge in [0, 0.05) is 19.1 Å². The van der Waals surface area contributed by atoms with Crippen LogP contribution in [0.2, 0.25) is 0 Å². The zero-order chi connectivity index (χ0) is 13.9. The van der Waals surface area contributed by atoms with Crippen LogP contribution in [0.4, 0.5) is 4.79 Å². The Morgan fingerprint density at radius 2 is 1.74 bits per heavy atom. The van der Waals surface area contributed by atoms with Crippen molar-refractivity contribution >= 4 is 6.03 Å². The van der Waals surface area contributed by atoms with E-state index < -0.39 is 0 Å². The summed E-state index contributed by atoms with van der Waals surface area (Å²) in [7, 11) is 0. The molecule has 0 unspecified atom stereocenters. The highest BCUT2D eigenvalue weighted by molar-refractivity contribution is 5.74. The molecule has 1 N–H and O–H groups in total. The first-order chi connectivity index (χ1) is 9.25. The first-order valence-electron chi connectivity index (χ1n) is 8.30. The zero-order valence-corrected chi connectivity index (χ0v) is 12.9. The summed E-state index contributed by atoms with van der Waals surface area (Å²) in [6.45, 7) is 6.17. The van der Waals surface area contributed by atoms with Gasteiger partial charge in [-0.25, -0.2) is 4.79 Å². The molecule has 19 heavy (non-hydrogen) atoms. The number of carbonyl (C=O) groups excluding carboxylic acids is 1. The Morgan fingerprint density at radius 1 is 1.11 bits per heavy atom. The lowest BCUT2D eigenvalue weighted by molar-refractivity contribution is 0.196. The van der Waals surface area contributed by atoms with Crippen LogP contribution in [0.1, 0.15) is 78.1 Å². The quantitative estimate of drug-likeness (QED) is 0.621. The summed E-state index contributed by atoms with van der Waals surface area (Å²) in [5.74, 6) is 0. The summed E-state index contributed by atoms with van der Waals surface area (Å²) in [6, 6.07) is 0.575. The van der Waals surface area contributed by atoms with Gasteiger partial charge in [0.2, 0.25) is 0 Å². The van der Waals surface area contributed by atoms with E-state index in [0.717, 1.165) is 32.4 Å². The summed E-state index contributed by atoms with van der Waals surface area (Å²) in [4.78, 5) is 13.9. The smallest absolute Gasteiger partial charge is 0.317 e. The van der Waals surface area contributed by atoms with Crippen LogP contribution in [0.15, 0.2) is 0 Å². The standard InChI is InChI=1S/C16H32N2O/c1-3-4-5-6-7-8-9-10-13-17-16(19)18-14-11-12-15(18)2/h15H,3-14H2,1-2H3,(H,17,19)/t15-/m1/s1. The van der Waals surface area contributed by atoms with Crippen molar-refractivity contribution in [3.05, 3.63) is 0 Å². The molecule has 0 spiro atoms. The SMILES string of the molecule is CCCCCCCCCCNC(=O)N1CCC[C@H]1C. The topological polar surface area (TPSA) is 32.3 Å². The molecule has 3 heteroatoms. The van der Waals surface area contributed by atoms with Gasteiger partial charge in [-0.2, -0.15) is 0 Å². The van der Waals surface area contributed by atoms with Gasteiger partial charge in [0.25, 0.3) is 0 Å². The van der Waals surface area contributed by atoms with Gasteiger partial charge in [-0.1, -0.05) is 51.9 Å². The summed E-state index contributed by atoms with van der Waals surface area (Å²) >= 11 is 0. The number of urea groups is 1. The molecule has 3 nitrogen and oxygen atoms in total. The Balaban J connectivity index is 1.89. The monoisotopic (exact) mass is 268 g/mol. The van der Waals surface area contributed by atoms with E-state index in [1.165, 1.54) is 44.9 Å². The third-order valence-corrected chi connectivity index (χ3v) is 4.12. The molecule has 0 radical (unpaired) electrons. The molecule has 1 heterocycles. The van der Waals surface area contributed by atoms with Gasteiger partial charge in [0.05, 0.1) is 0 Å². The lowest BCUT2D eigenvalue weighted by Gasteiger charge is -2.21. The molecule has 2 amide bonds. The second-order valence-electron chi connectivity index (χ2n) is 5.89. The first-order valence-corrected chi connectivity index (χ1v) is 8.30. The van der Waals surface area contributed by atoms with Crippen molar-refractivity contribution in [2.24, 2.45) is 0 Å².